The van der Waals surface area contributed by atoms with Gasteiger partial charge in [0.1, 0.15) is 0 Å². The van der Waals surface area contributed by atoms with E-state index in [0.717, 1.165) is 0 Å². The van der Waals surface area contributed by atoms with Crippen molar-refractivity contribution in [3.05, 3.63) is 35.4 Å². The lowest BCUT2D eigenvalue weighted by Gasteiger charge is -2.07. The molecule has 0 aliphatic carbocycles. The second kappa shape index (κ2) is 4.60. The Morgan fingerprint density at radius 2 is 2.24 bits per heavy atom. The molecule has 0 unspecified atom stereocenters. The first-order chi connectivity index (χ1) is 8.18. The van der Waals surface area contributed by atoms with Gasteiger partial charge < -0.3 is 10.4 Å². The molecule has 1 heterocycles. The molecule has 2 N–H and O–H groups in total. The van der Waals surface area contributed by atoms with Crippen LogP contribution in [0, 0.1) is 0 Å². The molecule has 0 radical (unpaired) electrons. The quantitative estimate of drug-likeness (QED) is 0.799. The van der Waals surface area contributed by atoms with Gasteiger partial charge in [0.05, 0.1) is 5.56 Å². The highest BCUT2D eigenvalue weighted by atomic mass is 16.4. The lowest BCUT2D eigenvalue weighted by molar-refractivity contribution is 0.0696. The normalized spacial score (nSPS) is 10.2. The third-order valence-corrected chi connectivity index (χ3v) is 2.30. The van der Waals surface area contributed by atoms with Crippen LogP contribution in [-0.4, -0.2) is 31.3 Å². The third kappa shape index (κ3) is 2.39. The summed E-state index contributed by atoms with van der Waals surface area (Å²) in [5, 5.41) is 22.9. The molecule has 7 nitrogen and oxygen atoms in total. The highest BCUT2D eigenvalue weighted by Crippen LogP contribution is 2.10. The fourth-order valence-electron chi connectivity index (χ4n) is 1.44. The molecular formula is C10H11N5O2. The number of carboxylic acids is 1. The number of rotatable bonds is 4. The summed E-state index contributed by atoms with van der Waals surface area (Å²) in [4.78, 5) is 11.0. The fourth-order valence-corrected chi connectivity index (χ4v) is 1.44. The Hall–Kier alpha value is -2.44. The van der Waals surface area contributed by atoms with E-state index in [2.05, 4.69) is 20.8 Å². The number of carbonyl (C=O) groups is 1. The summed E-state index contributed by atoms with van der Waals surface area (Å²) in [6.45, 7) is 0.358. The van der Waals surface area contributed by atoms with Crippen LogP contribution < -0.4 is 5.32 Å². The van der Waals surface area contributed by atoms with E-state index in [4.69, 9.17) is 5.11 Å². The molecule has 0 atom stereocenters. The summed E-state index contributed by atoms with van der Waals surface area (Å²) in [5.74, 6) is -0.455. The highest BCUT2D eigenvalue weighted by molar-refractivity contribution is 5.89. The van der Waals surface area contributed by atoms with Gasteiger partial charge in [-0.2, -0.15) is 0 Å². The number of anilines is 1. The van der Waals surface area contributed by atoms with Crippen LogP contribution in [0.15, 0.2) is 24.3 Å². The number of hydrogen-bond acceptors (Lipinski definition) is 5. The van der Waals surface area contributed by atoms with E-state index in [1.807, 2.05) is 0 Å². The van der Waals surface area contributed by atoms with Crippen molar-refractivity contribution in [2.24, 2.45) is 7.05 Å². The third-order valence-electron chi connectivity index (χ3n) is 2.30. The summed E-state index contributed by atoms with van der Waals surface area (Å²) in [6.07, 6.45) is 0. The van der Waals surface area contributed by atoms with Crippen LogP contribution in [-0.2, 0) is 13.6 Å². The van der Waals surface area contributed by atoms with Crippen LogP contribution in [0.25, 0.3) is 0 Å². The van der Waals surface area contributed by atoms with Crippen molar-refractivity contribution in [2.75, 3.05) is 5.32 Å². The lowest BCUT2D eigenvalue weighted by atomic mass is 10.1. The zero-order chi connectivity index (χ0) is 12.3. The second-order valence-electron chi connectivity index (χ2n) is 3.44. The Morgan fingerprint density at radius 1 is 1.47 bits per heavy atom. The number of nitrogens with one attached hydrogen (secondary N) is 1. The number of aromatic nitrogens is 4. The van der Waals surface area contributed by atoms with Gasteiger partial charge in [-0.3, -0.25) is 0 Å². The number of tetrazole rings is 1. The molecule has 2 rings (SSSR count). The number of nitrogens with zero attached hydrogens (tertiary/aromatic N) is 4. The summed E-state index contributed by atoms with van der Waals surface area (Å²) < 4.78 is 1.48. The lowest BCUT2D eigenvalue weighted by Crippen LogP contribution is -2.09. The van der Waals surface area contributed by atoms with Crippen LogP contribution in [0.1, 0.15) is 15.9 Å². The first-order valence-electron chi connectivity index (χ1n) is 4.96. The van der Waals surface area contributed by atoms with Crippen molar-refractivity contribution in [3.63, 3.8) is 0 Å². The van der Waals surface area contributed by atoms with Crippen LogP contribution in [0.3, 0.4) is 0 Å². The van der Waals surface area contributed by atoms with Gasteiger partial charge in [0.15, 0.2) is 0 Å². The van der Waals surface area contributed by atoms with Crippen molar-refractivity contribution in [3.8, 4) is 0 Å². The SMILES string of the molecule is Cn1nnnc1NCc1ccccc1C(=O)O. The Morgan fingerprint density at radius 3 is 2.88 bits per heavy atom. The number of aromatic carboxylic acids is 1. The average Bonchev–Trinajstić information content (AvgIpc) is 2.72. The van der Waals surface area contributed by atoms with Gasteiger partial charge in [-0.15, -0.1) is 0 Å². The summed E-state index contributed by atoms with van der Waals surface area (Å²) in [5.41, 5.74) is 0.957. The van der Waals surface area contributed by atoms with Gasteiger partial charge in [0.2, 0.25) is 5.95 Å². The van der Waals surface area contributed by atoms with Gasteiger partial charge >= 0.3 is 5.97 Å². The van der Waals surface area contributed by atoms with Crippen LogP contribution in [0.5, 0.6) is 0 Å². The van der Waals surface area contributed by atoms with Crippen molar-refractivity contribution < 1.29 is 9.90 Å². The van der Waals surface area contributed by atoms with E-state index in [-0.39, 0.29) is 5.56 Å². The zero-order valence-corrected chi connectivity index (χ0v) is 9.16. The fraction of sp³-hybridized carbons (Fsp3) is 0.200. The van der Waals surface area contributed by atoms with Gasteiger partial charge in [0.25, 0.3) is 0 Å². The molecule has 0 aliphatic rings. The van der Waals surface area contributed by atoms with Crippen LogP contribution in [0.4, 0.5) is 5.95 Å². The monoisotopic (exact) mass is 233 g/mol. The topological polar surface area (TPSA) is 92.9 Å². The molecular weight excluding hydrogens is 222 g/mol. The van der Waals surface area contributed by atoms with Crippen molar-refractivity contribution in [2.45, 2.75) is 6.54 Å². The summed E-state index contributed by atoms with van der Waals surface area (Å²) >= 11 is 0. The minimum atomic E-state index is -0.946. The molecule has 0 saturated heterocycles. The molecule has 0 saturated carbocycles. The molecule has 0 amide bonds. The van der Waals surface area contributed by atoms with Gasteiger partial charge in [-0.25, -0.2) is 9.48 Å². The Bertz CT molecular complexity index is 537. The molecule has 0 spiro atoms. The molecule has 0 bridgehead atoms. The number of hydrogen-bond donors (Lipinski definition) is 2. The standard InChI is InChI=1S/C10H11N5O2/c1-15-10(12-13-14-15)11-6-7-4-2-3-5-8(7)9(16)17/h2-5H,6H2,1H3,(H,16,17)(H,11,12,14). The predicted molar refractivity (Wildman–Crippen MR) is 59.5 cm³/mol. The minimum Gasteiger partial charge on any atom is -0.478 e. The molecule has 1 aromatic carbocycles. The van der Waals surface area contributed by atoms with E-state index < -0.39 is 5.97 Å². The molecule has 88 valence electrons. The van der Waals surface area contributed by atoms with E-state index in [0.29, 0.717) is 18.1 Å². The Kier molecular flexibility index (Phi) is 2.99. The van der Waals surface area contributed by atoms with Crippen LogP contribution >= 0.6 is 0 Å². The summed E-state index contributed by atoms with van der Waals surface area (Å²) in [7, 11) is 1.70. The number of aryl methyl sites for hydroxylation is 1. The molecule has 1 aromatic heterocycles. The van der Waals surface area contributed by atoms with Crippen LogP contribution in [0.2, 0.25) is 0 Å². The number of benzene rings is 1. The largest absolute Gasteiger partial charge is 0.478 e. The van der Waals surface area contributed by atoms with Gasteiger partial charge in [0, 0.05) is 13.6 Å². The molecule has 7 heteroatoms. The maximum Gasteiger partial charge on any atom is 0.336 e. The van der Waals surface area contributed by atoms with E-state index in [1.165, 1.54) is 4.68 Å². The highest BCUT2D eigenvalue weighted by Gasteiger charge is 2.09. The molecule has 2 aromatic rings. The van der Waals surface area contributed by atoms with E-state index in [1.54, 1.807) is 31.3 Å². The zero-order valence-electron chi connectivity index (χ0n) is 9.16. The Labute approximate surface area is 97.1 Å². The smallest absolute Gasteiger partial charge is 0.336 e. The molecule has 17 heavy (non-hydrogen) atoms. The van der Waals surface area contributed by atoms with Crippen molar-refractivity contribution in [1.82, 2.24) is 20.2 Å². The van der Waals surface area contributed by atoms with Crippen molar-refractivity contribution in [1.29, 1.82) is 0 Å². The van der Waals surface area contributed by atoms with Gasteiger partial charge in [-0.05, 0) is 22.1 Å². The number of carboxylic acid groups (broad SMARTS) is 1. The summed E-state index contributed by atoms with van der Waals surface area (Å²) in [6, 6.07) is 6.80. The first kappa shape index (κ1) is 11.1. The predicted octanol–water partition coefficient (Wildman–Crippen LogP) is 0.520. The Balaban J connectivity index is 2.14. The molecule has 0 fully saturated rings. The first-order valence-corrected chi connectivity index (χ1v) is 4.96. The maximum absolute atomic E-state index is 11.0. The minimum absolute atomic E-state index is 0.273. The van der Waals surface area contributed by atoms with E-state index >= 15 is 0 Å². The second-order valence-corrected chi connectivity index (χ2v) is 3.44. The van der Waals surface area contributed by atoms with E-state index in [9.17, 15) is 4.79 Å². The van der Waals surface area contributed by atoms with Gasteiger partial charge in [-0.1, -0.05) is 23.3 Å². The van der Waals surface area contributed by atoms with Crippen molar-refractivity contribution >= 4 is 11.9 Å². The average molecular weight is 233 g/mol. The molecule has 0 aliphatic heterocycles. The maximum atomic E-state index is 11.0.